The molecule has 0 spiro atoms. The molecule has 1 N–H and O–H groups in total. The van der Waals surface area contributed by atoms with Crippen molar-refractivity contribution in [1.82, 2.24) is 25.0 Å². The Morgan fingerprint density at radius 1 is 1.24 bits per heavy atom. The van der Waals surface area contributed by atoms with Gasteiger partial charge in [0.1, 0.15) is 5.75 Å². The molecule has 0 bridgehead atoms. The molecule has 1 saturated heterocycles. The predicted octanol–water partition coefficient (Wildman–Crippen LogP) is 4.01. The number of aryl methyl sites for hydroxylation is 1. The summed E-state index contributed by atoms with van der Waals surface area (Å²) in [6.07, 6.45) is 1.02. The molecule has 1 aliphatic rings. The average Bonchev–Trinajstić information content (AvgIpc) is 3.24. The number of halogens is 3. The fourth-order valence-corrected chi connectivity index (χ4v) is 3.89. The maximum Gasteiger partial charge on any atom is 0.422 e. The summed E-state index contributed by atoms with van der Waals surface area (Å²) in [5.41, 5.74) is 2.50. The van der Waals surface area contributed by atoms with Crippen LogP contribution < -0.4 is 10.1 Å². The highest BCUT2D eigenvalue weighted by molar-refractivity contribution is 5.95. The van der Waals surface area contributed by atoms with Gasteiger partial charge in [0.05, 0.1) is 11.9 Å². The van der Waals surface area contributed by atoms with Gasteiger partial charge in [0.2, 0.25) is 0 Å². The van der Waals surface area contributed by atoms with Crippen molar-refractivity contribution >= 4 is 5.91 Å². The molecule has 10 heteroatoms. The number of nitrogens with zero attached hydrogens (tertiary/aromatic N) is 4. The van der Waals surface area contributed by atoms with Gasteiger partial charge in [-0.3, -0.25) is 4.79 Å². The zero-order chi connectivity index (χ0) is 24.3. The summed E-state index contributed by atoms with van der Waals surface area (Å²) in [6.45, 7) is 2.34. The van der Waals surface area contributed by atoms with Gasteiger partial charge in [0, 0.05) is 29.9 Å². The first-order chi connectivity index (χ1) is 16.2. The van der Waals surface area contributed by atoms with Gasteiger partial charge in [-0.25, -0.2) is 9.67 Å². The summed E-state index contributed by atoms with van der Waals surface area (Å²) in [7, 11) is 2.03. The monoisotopic (exact) mass is 473 g/mol. The number of likely N-dealkylation sites (N-methyl/N-ethyl adjacent to an activating group) is 1. The van der Waals surface area contributed by atoms with Gasteiger partial charge in [0.25, 0.3) is 5.91 Å². The zero-order valence-corrected chi connectivity index (χ0v) is 19.0. The van der Waals surface area contributed by atoms with E-state index in [4.69, 9.17) is 4.74 Å². The lowest BCUT2D eigenvalue weighted by atomic mass is 10.0. The molecule has 4 rings (SSSR count). The first kappa shape index (κ1) is 23.7. The number of hydrogen-bond donors (Lipinski definition) is 1. The van der Waals surface area contributed by atoms with Crippen molar-refractivity contribution in [1.29, 1.82) is 0 Å². The number of pyridine rings is 1. The largest absolute Gasteiger partial charge is 0.484 e. The van der Waals surface area contributed by atoms with E-state index in [9.17, 15) is 18.0 Å². The van der Waals surface area contributed by atoms with Crippen molar-refractivity contribution in [3.8, 4) is 22.8 Å². The molecule has 1 atom stereocenters. The second-order valence-electron chi connectivity index (χ2n) is 8.56. The number of carbonyl (C=O) groups excluding carboxylic acids is 1. The Morgan fingerprint density at radius 2 is 2.00 bits per heavy atom. The standard InChI is InChI=1S/C24H26F3N5O2/c1-16-12-28-32(13-16)22-11-18(23(33)29-19-4-3-9-31(2)14-19)10-21(30-22)17-5-7-20(8-6-17)34-15-24(25,26)27/h5-8,10-13,19H,3-4,9,14-15H2,1-2H3,(H,29,33). The predicted molar refractivity (Wildman–Crippen MR) is 121 cm³/mol. The van der Waals surface area contributed by atoms with Crippen LogP contribution in [0.2, 0.25) is 0 Å². The molecular weight excluding hydrogens is 447 g/mol. The first-order valence-electron chi connectivity index (χ1n) is 11.0. The fraction of sp³-hybridized carbons (Fsp3) is 0.375. The van der Waals surface area contributed by atoms with Crippen molar-refractivity contribution in [3.05, 3.63) is 59.9 Å². The highest BCUT2D eigenvalue weighted by Crippen LogP contribution is 2.25. The minimum atomic E-state index is -4.41. The molecule has 1 unspecified atom stereocenters. The lowest BCUT2D eigenvalue weighted by Crippen LogP contribution is -2.46. The van der Waals surface area contributed by atoms with Gasteiger partial charge in [-0.1, -0.05) is 0 Å². The number of carbonyl (C=O) groups is 1. The number of hydrogen-bond acceptors (Lipinski definition) is 5. The maximum absolute atomic E-state index is 13.1. The Hall–Kier alpha value is -3.40. The van der Waals surface area contributed by atoms with Crippen LogP contribution in [0.15, 0.2) is 48.8 Å². The quantitative estimate of drug-likeness (QED) is 0.586. The Labute approximate surface area is 195 Å². The SMILES string of the molecule is Cc1cnn(-c2cc(C(=O)NC3CCCN(C)C3)cc(-c3ccc(OCC(F)(F)F)cc3)n2)c1. The summed E-state index contributed by atoms with van der Waals surface area (Å²) in [5, 5.41) is 7.40. The van der Waals surface area contributed by atoms with E-state index in [2.05, 4.69) is 20.3 Å². The molecule has 0 saturated carbocycles. The number of ether oxygens (including phenoxy) is 1. The van der Waals surface area contributed by atoms with Crippen LogP contribution in [0.1, 0.15) is 28.8 Å². The van der Waals surface area contributed by atoms with Gasteiger partial charge in [-0.15, -0.1) is 0 Å². The third kappa shape index (κ3) is 6.13. The van der Waals surface area contributed by atoms with Gasteiger partial charge in [0.15, 0.2) is 12.4 Å². The second-order valence-corrected chi connectivity index (χ2v) is 8.56. The molecule has 1 aromatic carbocycles. The number of rotatable bonds is 6. The number of aromatic nitrogens is 3. The van der Waals surface area contributed by atoms with Crippen molar-refractivity contribution in [2.45, 2.75) is 32.0 Å². The Kier molecular flexibility index (Phi) is 6.87. The van der Waals surface area contributed by atoms with Crippen molar-refractivity contribution in [3.63, 3.8) is 0 Å². The summed E-state index contributed by atoms with van der Waals surface area (Å²) in [6, 6.07) is 9.54. The van der Waals surface area contributed by atoms with E-state index in [-0.39, 0.29) is 17.7 Å². The molecule has 34 heavy (non-hydrogen) atoms. The lowest BCUT2D eigenvalue weighted by Gasteiger charge is -2.30. The zero-order valence-electron chi connectivity index (χ0n) is 19.0. The molecule has 3 aromatic rings. The van der Waals surface area contributed by atoms with Crippen LogP contribution in [0.4, 0.5) is 13.2 Å². The molecule has 180 valence electrons. The smallest absolute Gasteiger partial charge is 0.422 e. The average molecular weight is 473 g/mol. The van der Waals surface area contributed by atoms with Gasteiger partial charge >= 0.3 is 6.18 Å². The van der Waals surface area contributed by atoms with Crippen molar-refractivity contribution in [2.24, 2.45) is 0 Å². The third-order valence-corrected chi connectivity index (χ3v) is 5.53. The van der Waals surface area contributed by atoms with Crippen molar-refractivity contribution in [2.75, 3.05) is 26.7 Å². The van der Waals surface area contributed by atoms with Crippen LogP contribution >= 0.6 is 0 Å². The fourth-order valence-electron chi connectivity index (χ4n) is 3.89. The Bertz CT molecular complexity index is 1140. The van der Waals surface area contributed by atoms with Crippen molar-refractivity contribution < 1.29 is 22.7 Å². The molecular formula is C24H26F3N5O2. The molecule has 2 aromatic heterocycles. The number of amides is 1. The molecule has 0 radical (unpaired) electrons. The minimum absolute atomic E-state index is 0.0586. The lowest BCUT2D eigenvalue weighted by molar-refractivity contribution is -0.153. The minimum Gasteiger partial charge on any atom is -0.484 e. The highest BCUT2D eigenvalue weighted by Gasteiger charge is 2.28. The Morgan fingerprint density at radius 3 is 2.65 bits per heavy atom. The maximum atomic E-state index is 13.1. The van der Waals surface area contributed by atoms with Gasteiger partial charge < -0.3 is 15.0 Å². The van der Waals surface area contributed by atoms with E-state index in [0.29, 0.717) is 22.6 Å². The third-order valence-electron chi connectivity index (χ3n) is 5.53. The van der Waals surface area contributed by atoms with Crippen LogP contribution in [0.3, 0.4) is 0 Å². The molecule has 0 aliphatic carbocycles. The number of likely N-dealkylation sites (tertiary alicyclic amines) is 1. The molecule has 7 nitrogen and oxygen atoms in total. The molecule has 1 amide bonds. The van der Waals surface area contributed by atoms with E-state index < -0.39 is 12.8 Å². The van der Waals surface area contributed by atoms with Crippen LogP contribution in [0, 0.1) is 6.92 Å². The number of nitrogens with one attached hydrogen (secondary N) is 1. The van der Waals surface area contributed by atoms with Crippen LogP contribution in [-0.2, 0) is 0 Å². The second kappa shape index (κ2) is 9.84. The summed E-state index contributed by atoms with van der Waals surface area (Å²) in [5.74, 6) is 0.354. The van der Waals surface area contributed by atoms with Gasteiger partial charge in [-0.05, 0) is 75.3 Å². The van der Waals surface area contributed by atoms with E-state index in [1.165, 1.54) is 12.1 Å². The number of alkyl halides is 3. The molecule has 1 aliphatic heterocycles. The Balaban J connectivity index is 1.62. The summed E-state index contributed by atoms with van der Waals surface area (Å²) in [4.78, 5) is 19.9. The van der Waals surface area contributed by atoms with Crippen LogP contribution in [-0.4, -0.2) is 64.5 Å². The normalized spacial score (nSPS) is 16.9. The first-order valence-corrected chi connectivity index (χ1v) is 11.0. The van der Waals surface area contributed by atoms with Crippen LogP contribution in [0.5, 0.6) is 5.75 Å². The van der Waals surface area contributed by atoms with Gasteiger partial charge in [-0.2, -0.15) is 18.3 Å². The summed E-state index contributed by atoms with van der Waals surface area (Å²) >= 11 is 0. The molecule has 1 fully saturated rings. The highest BCUT2D eigenvalue weighted by atomic mass is 19.4. The molecule has 3 heterocycles. The topological polar surface area (TPSA) is 72.3 Å². The van der Waals surface area contributed by atoms with Crippen LogP contribution in [0.25, 0.3) is 17.1 Å². The number of piperidine rings is 1. The number of benzene rings is 1. The van der Waals surface area contributed by atoms with E-state index in [1.54, 1.807) is 41.3 Å². The summed E-state index contributed by atoms with van der Waals surface area (Å²) < 4.78 is 43.6. The van der Waals surface area contributed by atoms with E-state index in [1.807, 2.05) is 14.0 Å². The van der Waals surface area contributed by atoms with E-state index >= 15 is 0 Å². The van der Waals surface area contributed by atoms with E-state index in [0.717, 1.165) is 31.5 Å².